The molecule has 0 radical (unpaired) electrons. The number of hydrogen-bond acceptors (Lipinski definition) is 3. The van der Waals surface area contributed by atoms with E-state index in [2.05, 4.69) is 6.92 Å². The van der Waals surface area contributed by atoms with Crippen molar-refractivity contribution >= 4 is 9.84 Å². The van der Waals surface area contributed by atoms with Crippen LogP contribution in [0.5, 0.6) is 0 Å². The third-order valence-electron chi connectivity index (χ3n) is 3.45. The van der Waals surface area contributed by atoms with E-state index in [1.54, 1.807) is 13.8 Å². The highest BCUT2D eigenvalue weighted by molar-refractivity contribution is 7.92. The van der Waals surface area contributed by atoms with Gasteiger partial charge in [0.15, 0.2) is 9.84 Å². The van der Waals surface area contributed by atoms with E-state index in [1.807, 2.05) is 24.3 Å². The first kappa shape index (κ1) is 14.2. The number of nitrogens with two attached hydrogens (primary N) is 1. The Labute approximate surface area is 104 Å². The van der Waals surface area contributed by atoms with Crippen LogP contribution in [0.15, 0.2) is 24.3 Å². The molecular weight excluding hydrogens is 234 g/mol. The smallest absolute Gasteiger partial charge is 0.154 e. The molecule has 3 nitrogen and oxygen atoms in total. The molecule has 0 aliphatic rings. The summed E-state index contributed by atoms with van der Waals surface area (Å²) < 4.78 is 22.5. The van der Waals surface area contributed by atoms with Gasteiger partial charge in [0, 0.05) is 12.3 Å². The molecule has 2 N–H and O–H groups in total. The van der Waals surface area contributed by atoms with Crippen LogP contribution >= 0.6 is 0 Å². The predicted molar refractivity (Wildman–Crippen MR) is 71.7 cm³/mol. The molecule has 0 bridgehead atoms. The second-order valence-corrected chi connectivity index (χ2v) is 7.54. The fourth-order valence-corrected chi connectivity index (χ4v) is 2.19. The molecule has 0 saturated heterocycles. The number of sulfone groups is 1. The van der Waals surface area contributed by atoms with E-state index < -0.39 is 20.6 Å². The minimum atomic E-state index is -3.19. The molecule has 4 heteroatoms. The van der Waals surface area contributed by atoms with Crippen LogP contribution in [-0.4, -0.2) is 19.4 Å². The summed E-state index contributed by atoms with van der Waals surface area (Å²) in [7, 11) is -3.19. The lowest BCUT2D eigenvalue weighted by Gasteiger charge is -2.30. The fourth-order valence-electron chi connectivity index (χ4n) is 1.59. The Morgan fingerprint density at radius 2 is 1.71 bits per heavy atom. The highest BCUT2D eigenvalue weighted by Gasteiger charge is 2.37. The van der Waals surface area contributed by atoms with E-state index in [4.69, 9.17) is 5.73 Å². The predicted octanol–water partition coefficient (Wildman–Crippen LogP) is 2.07. The highest BCUT2D eigenvalue weighted by atomic mass is 32.2. The van der Waals surface area contributed by atoms with Crippen LogP contribution in [0.4, 0.5) is 0 Å². The molecule has 1 rings (SSSR count). The normalized spacial score (nSPS) is 14.6. The lowest BCUT2D eigenvalue weighted by Crippen LogP contribution is -2.42. The van der Waals surface area contributed by atoms with Gasteiger partial charge in [-0.05, 0) is 31.4 Å². The van der Waals surface area contributed by atoms with Gasteiger partial charge in [0.05, 0.1) is 4.75 Å². The first-order valence-electron chi connectivity index (χ1n) is 5.74. The van der Waals surface area contributed by atoms with E-state index in [9.17, 15) is 8.42 Å². The Morgan fingerprint density at radius 1 is 1.24 bits per heavy atom. The summed E-state index contributed by atoms with van der Waals surface area (Å²) in [5, 5.41) is 0. The van der Waals surface area contributed by atoms with E-state index >= 15 is 0 Å². The number of aryl methyl sites for hydroxylation is 1. The Kier molecular flexibility index (Phi) is 3.99. The first-order chi connectivity index (χ1) is 7.70. The zero-order valence-corrected chi connectivity index (χ0v) is 11.7. The summed E-state index contributed by atoms with van der Waals surface area (Å²) in [5.41, 5.74) is 8.15. The van der Waals surface area contributed by atoms with Crippen molar-refractivity contribution in [1.29, 1.82) is 0 Å². The molecular formula is C13H21NO2S. The second kappa shape index (κ2) is 4.78. The summed E-state index contributed by atoms with van der Waals surface area (Å²) in [6, 6.07) is 7.30. The van der Waals surface area contributed by atoms with Crippen LogP contribution in [0.25, 0.3) is 0 Å². The van der Waals surface area contributed by atoms with Gasteiger partial charge in [-0.25, -0.2) is 8.42 Å². The maximum Gasteiger partial charge on any atom is 0.154 e. The zero-order chi connectivity index (χ0) is 13.3. The van der Waals surface area contributed by atoms with Crippen LogP contribution in [0.2, 0.25) is 0 Å². The van der Waals surface area contributed by atoms with Gasteiger partial charge in [0.2, 0.25) is 0 Å². The van der Waals surface area contributed by atoms with Crippen LogP contribution in [-0.2, 0) is 16.3 Å². The molecule has 0 aliphatic carbocycles. The summed E-state index contributed by atoms with van der Waals surface area (Å²) in [6.45, 7) is 5.41. The molecule has 0 amide bonds. The highest BCUT2D eigenvalue weighted by Crippen LogP contribution is 2.30. The van der Waals surface area contributed by atoms with Crippen molar-refractivity contribution < 1.29 is 8.42 Å². The van der Waals surface area contributed by atoms with E-state index in [-0.39, 0.29) is 0 Å². The van der Waals surface area contributed by atoms with Crippen molar-refractivity contribution in [2.24, 2.45) is 5.73 Å². The van der Waals surface area contributed by atoms with Crippen molar-refractivity contribution in [3.8, 4) is 0 Å². The molecule has 0 saturated carbocycles. The molecule has 0 spiro atoms. The van der Waals surface area contributed by atoms with Crippen molar-refractivity contribution in [2.75, 3.05) is 6.26 Å². The van der Waals surface area contributed by atoms with Gasteiger partial charge in [-0.1, -0.05) is 31.2 Å². The van der Waals surface area contributed by atoms with Gasteiger partial charge < -0.3 is 5.73 Å². The number of benzene rings is 1. The minimum absolute atomic E-state index is 0.511. The molecule has 1 unspecified atom stereocenters. The monoisotopic (exact) mass is 255 g/mol. The van der Waals surface area contributed by atoms with Gasteiger partial charge in [-0.3, -0.25) is 0 Å². The third kappa shape index (κ3) is 2.87. The standard InChI is InChI=1S/C13H21NO2S/c1-5-10-6-8-11(9-7-10)12(14)13(2,3)17(4,15)16/h6-9,12H,5,14H2,1-4H3. The van der Waals surface area contributed by atoms with Crippen LogP contribution in [0.1, 0.15) is 37.9 Å². The molecule has 96 valence electrons. The lowest BCUT2D eigenvalue weighted by atomic mass is 9.95. The maximum absolute atomic E-state index is 11.7. The molecule has 1 atom stereocenters. The Bertz CT molecular complexity index is 475. The molecule has 1 aromatic carbocycles. The largest absolute Gasteiger partial charge is 0.323 e. The van der Waals surface area contributed by atoms with Gasteiger partial charge in [0.25, 0.3) is 0 Å². The minimum Gasteiger partial charge on any atom is -0.323 e. The molecule has 0 heterocycles. The number of rotatable bonds is 4. The SMILES string of the molecule is CCc1ccc(C(N)C(C)(C)S(C)(=O)=O)cc1. The third-order valence-corrected chi connectivity index (χ3v) is 5.62. The number of hydrogen-bond donors (Lipinski definition) is 1. The molecule has 0 aliphatic heterocycles. The topological polar surface area (TPSA) is 60.2 Å². The molecule has 17 heavy (non-hydrogen) atoms. The summed E-state index contributed by atoms with van der Waals surface area (Å²) >= 11 is 0. The first-order valence-corrected chi connectivity index (χ1v) is 7.63. The van der Waals surface area contributed by atoms with Gasteiger partial charge in [0.1, 0.15) is 0 Å². The Morgan fingerprint density at radius 3 is 2.06 bits per heavy atom. The van der Waals surface area contributed by atoms with Gasteiger partial charge in [-0.2, -0.15) is 0 Å². The summed E-state index contributed by atoms with van der Waals surface area (Å²) in [4.78, 5) is 0. The van der Waals surface area contributed by atoms with Crippen LogP contribution < -0.4 is 5.73 Å². The van der Waals surface area contributed by atoms with Crippen molar-refractivity contribution in [3.05, 3.63) is 35.4 Å². The molecule has 0 aromatic heterocycles. The average Bonchev–Trinajstić information content (AvgIpc) is 2.26. The Hall–Kier alpha value is -0.870. The van der Waals surface area contributed by atoms with Gasteiger partial charge in [-0.15, -0.1) is 0 Å². The van der Waals surface area contributed by atoms with E-state index in [0.717, 1.165) is 12.0 Å². The lowest BCUT2D eigenvalue weighted by molar-refractivity contribution is 0.496. The van der Waals surface area contributed by atoms with E-state index in [0.29, 0.717) is 0 Å². The van der Waals surface area contributed by atoms with Crippen LogP contribution in [0, 0.1) is 0 Å². The quantitative estimate of drug-likeness (QED) is 0.896. The molecule has 0 fully saturated rings. The maximum atomic E-state index is 11.7. The van der Waals surface area contributed by atoms with Crippen LogP contribution in [0.3, 0.4) is 0 Å². The van der Waals surface area contributed by atoms with Crippen molar-refractivity contribution in [3.63, 3.8) is 0 Å². The van der Waals surface area contributed by atoms with Crippen molar-refractivity contribution in [1.82, 2.24) is 0 Å². The van der Waals surface area contributed by atoms with E-state index in [1.165, 1.54) is 11.8 Å². The average molecular weight is 255 g/mol. The Balaban J connectivity index is 3.08. The fraction of sp³-hybridized carbons (Fsp3) is 0.538. The summed E-state index contributed by atoms with van der Waals surface area (Å²) in [6.07, 6.45) is 2.19. The molecule has 1 aromatic rings. The zero-order valence-electron chi connectivity index (χ0n) is 10.9. The summed E-state index contributed by atoms with van der Waals surface area (Å²) in [5.74, 6) is 0. The second-order valence-electron chi connectivity index (χ2n) is 4.95. The van der Waals surface area contributed by atoms with Crippen molar-refractivity contribution in [2.45, 2.75) is 38.0 Å². The van der Waals surface area contributed by atoms with Gasteiger partial charge >= 0.3 is 0 Å².